The SMILES string of the molecule is CNS(=O)(=O)c1ccc(OC)c(C(=O)Nc2ccnc3ccc(OC)cc23)c1. The number of pyridine rings is 1. The molecule has 0 unspecified atom stereocenters. The van der Waals surface area contributed by atoms with Gasteiger partial charge in [0.2, 0.25) is 10.0 Å². The monoisotopic (exact) mass is 401 g/mol. The van der Waals surface area contributed by atoms with Gasteiger partial charge >= 0.3 is 0 Å². The first kappa shape index (κ1) is 19.6. The number of methoxy groups -OCH3 is 2. The van der Waals surface area contributed by atoms with Crippen LogP contribution in [0.25, 0.3) is 10.9 Å². The van der Waals surface area contributed by atoms with Crippen LogP contribution in [0.15, 0.2) is 53.6 Å². The Morgan fingerprint density at radius 3 is 2.50 bits per heavy atom. The second kappa shape index (κ2) is 7.83. The molecule has 3 aromatic rings. The van der Waals surface area contributed by atoms with Gasteiger partial charge in [-0.3, -0.25) is 9.78 Å². The molecule has 0 aliphatic heterocycles. The predicted octanol–water partition coefficient (Wildman–Crippen LogP) is 2.41. The molecule has 146 valence electrons. The van der Waals surface area contributed by atoms with E-state index in [-0.39, 0.29) is 16.2 Å². The van der Waals surface area contributed by atoms with E-state index in [1.54, 1.807) is 37.6 Å². The predicted molar refractivity (Wildman–Crippen MR) is 105 cm³/mol. The fourth-order valence-electron chi connectivity index (χ4n) is 2.70. The number of hydrogen-bond acceptors (Lipinski definition) is 6. The van der Waals surface area contributed by atoms with Crippen LogP contribution >= 0.6 is 0 Å². The van der Waals surface area contributed by atoms with Crippen LogP contribution in [0.1, 0.15) is 10.4 Å². The second-order valence-corrected chi connectivity index (χ2v) is 7.65. The lowest BCUT2D eigenvalue weighted by molar-refractivity contribution is 0.102. The minimum atomic E-state index is -3.71. The molecule has 28 heavy (non-hydrogen) atoms. The van der Waals surface area contributed by atoms with Crippen LogP contribution in [0.5, 0.6) is 11.5 Å². The Kier molecular flexibility index (Phi) is 5.48. The number of anilines is 1. The first-order valence-electron chi connectivity index (χ1n) is 8.25. The van der Waals surface area contributed by atoms with Gasteiger partial charge in [0.25, 0.3) is 5.91 Å². The van der Waals surface area contributed by atoms with Crippen molar-refractivity contribution in [2.24, 2.45) is 0 Å². The zero-order chi connectivity index (χ0) is 20.3. The van der Waals surface area contributed by atoms with Crippen molar-refractivity contribution in [3.8, 4) is 11.5 Å². The van der Waals surface area contributed by atoms with Crippen molar-refractivity contribution >= 4 is 32.5 Å². The zero-order valence-corrected chi connectivity index (χ0v) is 16.3. The lowest BCUT2D eigenvalue weighted by Crippen LogP contribution is -2.20. The number of carbonyl (C=O) groups is 1. The van der Waals surface area contributed by atoms with Gasteiger partial charge in [0.1, 0.15) is 11.5 Å². The third kappa shape index (κ3) is 3.75. The van der Waals surface area contributed by atoms with E-state index in [0.717, 1.165) is 0 Å². The van der Waals surface area contributed by atoms with E-state index in [2.05, 4.69) is 15.0 Å². The molecule has 0 aliphatic carbocycles. The fourth-order valence-corrected chi connectivity index (χ4v) is 3.46. The van der Waals surface area contributed by atoms with Crippen molar-refractivity contribution in [2.75, 3.05) is 26.6 Å². The fraction of sp³-hybridized carbons (Fsp3) is 0.158. The Morgan fingerprint density at radius 2 is 1.82 bits per heavy atom. The molecule has 0 spiro atoms. The van der Waals surface area contributed by atoms with Gasteiger partial charge in [-0.05, 0) is 49.5 Å². The van der Waals surface area contributed by atoms with Crippen molar-refractivity contribution in [3.05, 3.63) is 54.2 Å². The van der Waals surface area contributed by atoms with E-state index in [1.807, 2.05) is 0 Å². The third-order valence-corrected chi connectivity index (χ3v) is 5.60. The molecular weight excluding hydrogens is 382 g/mol. The van der Waals surface area contributed by atoms with Crippen LogP contribution < -0.4 is 19.5 Å². The molecule has 3 rings (SSSR count). The summed E-state index contributed by atoms with van der Waals surface area (Å²) in [5, 5.41) is 3.48. The lowest BCUT2D eigenvalue weighted by atomic mass is 10.1. The van der Waals surface area contributed by atoms with Gasteiger partial charge in [0, 0.05) is 11.6 Å². The topological polar surface area (TPSA) is 107 Å². The highest BCUT2D eigenvalue weighted by atomic mass is 32.2. The van der Waals surface area contributed by atoms with E-state index < -0.39 is 15.9 Å². The normalized spacial score (nSPS) is 11.2. The molecule has 1 amide bonds. The summed E-state index contributed by atoms with van der Waals surface area (Å²) >= 11 is 0. The summed E-state index contributed by atoms with van der Waals surface area (Å²) in [6.45, 7) is 0. The summed E-state index contributed by atoms with van der Waals surface area (Å²) in [6, 6.07) is 11.0. The summed E-state index contributed by atoms with van der Waals surface area (Å²) in [5.41, 5.74) is 1.28. The molecule has 0 saturated heterocycles. The second-order valence-electron chi connectivity index (χ2n) is 5.77. The van der Waals surface area contributed by atoms with Crippen molar-refractivity contribution in [2.45, 2.75) is 4.90 Å². The number of nitrogens with zero attached hydrogens (tertiary/aromatic N) is 1. The molecule has 0 bridgehead atoms. The zero-order valence-electron chi connectivity index (χ0n) is 15.5. The standard InChI is InChI=1S/C19H19N3O5S/c1-20-28(24,25)13-5-7-18(27-3)15(11-13)19(23)22-17-8-9-21-16-6-4-12(26-2)10-14(16)17/h4-11,20H,1-3H3,(H,21,22,23). The Morgan fingerprint density at radius 1 is 1.04 bits per heavy atom. The molecule has 2 aromatic carbocycles. The molecule has 0 atom stereocenters. The summed E-state index contributed by atoms with van der Waals surface area (Å²) < 4.78 is 36.8. The van der Waals surface area contributed by atoms with E-state index >= 15 is 0 Å². The summed E-state index contributed by atoms with van der Waals surface area (Å²) in [6.07, 6.45) is 1.57. The Labute approximate surface area is 162 Å². The minimum Gasteiger partial charge on any atom is -0.497 e. The molecule has 0 fully saturated rings. The third-order valence-electron chi connectivity index (χ3n) is 4.19. The summed E-state index contributed by atoms with van der Waals surface area (Å²) in [5.74, 6) is 0.361. The van der Waals surface area contributed by atoms with Crippen LogP contribution in [-0.4, -0.2) is 40.6 Å². The van der Waals surface area contributed by atoms with Gasteiger partial charge in [0.05, 0.1) is 35.9 Å². The Hall–Kier alpha value is -3.17. The highest BCUT2D eigenvalue weighted by Crippen LogP contribution is 2.28. The van der Waals surface area contributed by atoms with Crippen LogP contribution in [0.3, 0.4) is 0 Å². The number of ether oxygens (including phenoxy) is 2. The van der Waals surface area contributed by atoms with Gasteiger partial charge in [-0.2, -0.15) is 0 Å². The Bertz CT molecular complexity index is 1150. The lowest BCUT2D eigenvalue weighted by Gasteiger charge is -2.13. The quantitative estimate of drug-likeness (QED) is 0.657. The van der Waals surface area contributed by atoms with Crippen molar-refractivity contribution in [1.82, 2.24) is 9.71 Å². The van der Waals surface area contributed by atoms with Crippen LogP contribution in [0.4, 0.5) is 5.69 Å². The van der Waals surface area contributed by atoms with Crippen molar-refractivity contribution in [3.63, 3.8) is 0 Å². The van der Waals surface area contributed by atoms with Gasteiger partial charge in [0.15, 0.2) is 0 Å². The summed E-state index contributed by atoms with van der Waals surface area (Å²) in [4.78, 5) is 17.1. The molecule has 1 aromatic heterocycles. The van der Waals surface area contributed by atoms with Gasteiger partial charge in [-0.25, -0.2) is 13.1 Å². The number of carbonyl (C=O) groups excluding carboxylic acids is 1. The van der Waals surface area contributed by atoms with Crippen LogP contribution in [-0.2, 0) is 10.0 Å². The van der Waals surface area contributed by atoms with Gasteiger partial charge < -0.3 is 14.8 Å². The first-order valence-corrected chi connectivity index (χ1v) is 9.73. The minimum absolute atomic E-state index is 0.0396. The number of sulfonamides is 1. The van der Waals surface area contributed by atoms with Crippen LogP contribution in [0.2, 0.25) is 0 Å². The van der Waals surface area contributed by atoms with Gasteiger partial charge in [-0.1, -0.05) is 0 Å². The number of nitrogens with one attached hydrogen (secondary N) is 2. The molecule has 0 saturated carbocycles. The highest BCUT2D eigenvalue weighted by molar-refractivity contribution is 7.89. The number of fused-ring (bicyclic) bond motifs is 1. The van der Waals surface area contributed by atoms with E-state index in [9.17, 15) is 13.2 Å². The molecule has 0 radical (unpaired) electrons. The van der Waals surface area contributed by atoms with Crippen molar-refractivity contribution < 1.29 is 22.7 Å². The molecular formula is C19H19N3O5S. The Balaban J connectivity index is 2.04. The van der Waals surface area contributed by atoms with E-state index in [1.165, 1.54) is 32.4 Å². The maximum atomic E-state index is 12.9. The molecule has 2 N–H and O–H groups in total. The number of hydrogen-bond donors (Lipinski definition) is 2. The van der Waals surface area contributed by atoms with E-state index in [4.69, 9.17) is 9.47 Å². The molecule has 8 nitrogen and oxygen atoms in total. The van der Waals surface area contributed by atoms with Crippen LogP contribution in [0, 0.1) is 0 Å². The molecule has 0 aliphatic rings. The average Bonchev–Trinajstić information content (AvgIpc) is 2.73. The maximum absolute atomic E-state index is 12.9. The van der Waals surface area contributed by atoms with Crippen molar-refractivity contribution in [1.29, 1.82) is 0 Å². The number of aromatic nitrogens is 1. The first-order chi connectivity index (χ1) is 13.4. The van der Waals surface area contributed by atoms with E-state index in [0.29, 0.717) is 22.3 Å². The highest BCUT2D eigenvalue weighted by Gasteiger charge is 2.19. The smallest absolute Gasteiger partial charge is 0.259 e. The molecule has 9 heteroatoms. The summed E-state index contributed by atoms with van der Waals surface area (Å²) in [7, 11) is 0.551. The largest absolute Gasteiger partial charge is 0.497 e. The van der Waals surface area contributed by atoms with Gasteiger partial charge in [-0.15, -0.1) is 0 Å². The molecule has 1 heterocycles. The number of amides is 1. The average molecular weight is 401 g/mol. The maximum Gasteiger partial charge on any atom is 0.259 e. The number of benzene rings is 2. The number of rotatable bonds is 6.